The maximum absolute atomic E-state index is 6.54. The second-order valence-corrected chi connectivity index (χ2v) is 8.37. The Morgan fingerprint density at radius 3 is 2.27 bits per heavy atom. The summed E-state index contributed by atoms with van der Waals surface area (Å²) in [7, 11) is 0. The van der Waals surface area contributed by atoms with Crippen LogP contribution in [0.1, 0.15) is 49.9 Å². The van der Waals surface area contributed by atoms with E-state index in [9.17, 15) is 0 Å². The first-order valence-electron chi connectivity index (χ1n) is 11.0. The van der Waals surface area contributed by atoms with Gasteiger partial charge in [-0.25, -0.2) is 9.50 Å². The van der Waals surface area contributed by atoms with Crippen LogP contribution in [0.2, 0.25) is 0 Å². The summed E-state index contributed by atoms with van der Waals surface area (Å²) in [5.41, 5.74) is 15.1. The molecule has 4 heteroatoms. The summed E-state index contributed by atoms with van der Waals surface area (Å²) in [6.07, 6.45) is 5.18. The minimum absolute atomic E-state index is 0.146. The monoisotopic (exact) mass is 396 g/mol. The number of hydrogen-bond donors (Lipinski definition) is 1. The summed E-state index contributed by atoms with van der Waals surface area (Å²) >= 11 is 0. The highest BCUT2D eigenvalue weighted by atomic mass is 15.3. The van der Waals surface area contributed by atoms with E-state index in [1.54, 1.807) is 0 Å². The van der Waals surface area contributed by atoms with Crippen molar-refractivity contribution in [3.8, 4) is 22.5 Å². The van der Waals surface area contributed by atoms with Crippen LogP contribution in [0.3, 0.4) is 0 Å². The highest BCUT2D eigenvalue weighted by molar-refractivity contribution is 5.82. The van der Waals surface area contributed by atoms with Gasteiger partial charge in [0, 0.05) is 16.7 Å². The van der Waals surface area contributed by atoms with Crippen molar-refractivity contribution in [3.05, 3.63) is 77.5 Å². The fraction of sp³-hybridized carbons (Fsp3) is 0.308. The van der Waals surface area contributed by atoms with E-state index in [0.717, 1.165) is 59.5 Å². The van der Waals surface area contributed by atoms with Crippen molar-refractivity contribution >= 4 is 5.65 Å². The van der Waals surface area contributed by atoms with Gasteiger partial charge < -0.3 is 5.73 Å². The smallest absolute Gasteiger partial charge is 0.158 e. The summed E-state index contributed by atoms with van der Waals surface area (Å²) < 4.78 is 2.05. The fourth-order valence-electron chi connectivity index (χ4n) is 4.44. The lowest BCUT2D eigenvalue weighted by Gasteiger charge is -2.38. The van der Waals surface area contributed by atoms with Gasteiger partial charge in [-0.05, 0) is 49.3 Å². The highest BCUT2D eigenvalue weighted by Crippen LogP contribution is 2.40. The summed E-state index contributed by atoms with van der Waals surface area (Å²) in [4.78, 5) is 5.10. The van der Waals surface area contributed by atoms with Crippen LogP contribution in [0.25, 0.3) is 28.2 Å². The zero-order valence-corrected chi connectivity index (χ0v) is 17.7. The molecule has 1 aliphatic carbocycles. The molecule has 1 fully saturated rings. The normalized spacial score (nSPS) is 15.3. The van der Waals surface area contributed by atoms with Gasteiger partial charge in [0.25, 0.3) is 0 Å². The molecule has 2 aromatic heterocycles. The number of hydrogen-bond acceptors (Lipinski definition) is 3. The van der Waals surface area contributed by atoms with Crippen molar-refractivity contribution in [1.82, 2.24) is 14.6 Å². The van der Waals surface area contributed by atoms with Crippen LogP contribution in [-0.2, 0) is 18.4 Å². The molecule has 0 radical (unpaired) electrons. The van der Waals surface area contributed by atoms with Gasteiger partial charge in [0.15, 0.2) is 5.65 Å². The molecule has 4 aromatic rings. The van der Waals surface area contributed by atoms with Gasteiger partial charge in [-0.15, -0.1) is 0 Å². The van der Waals surface area contributed by atoms with E-state index in [1.807, 2.05) is 10.6 Å². The summed E-state index contributed by atoms with van der Waals surface area (Å²) in [5, 5.41) is 4.94. The van der Waals surface area contributed by atoms with Crippen molar-refractivity contribution < 1.29 is 0 Å². The van der Waals surface area contributed by atoms with Crippen LogP contribution in [0.4, 0.5) is 0 Å². The first kappa shape index (κ1) is 19.0. The summed E-state index contributed by atoms with van der Waals surface area (Å²) in [6, 6.07) is 21.3. The number of nitrogens with zero attached hydrogens (tertiary/aromatic N) is 3. The molecule has 1 saturated carbocycles. The van der Waals surface area contributed by atoms with Gasteiger partial charge in [0.05, 0.1) is 11.4 Å². The zero-order chi connectivity index (χ0) is 20.7. The van der Waals surface area contributed by atoms with E-state index in [2.05, 4.69) is 68.4 Å². The Bertz CT molecular complexity index is 1190. The molecule has 30 heavy (non-hydrogen) atoms. The number of benzene rings is 2. The van der Waals surface area contributed by atoms with Crippen LogP contribution in [0.15, 0.2) is 60.7 Å². The molecule has 2 aromatic carbocycles. The first-order valence-corrected chi connectivity index (χ1v) is 11.0. The number of aryl methyl sites for hydroxylation is 2. The van der Waals surface area contributed by atoms with E-state index in [0.29, 0.717) is 0 Å². The average Bonchev–Trinajstić information content (AvgIpc) is 3.17. The molecule has 152 valence electrons. The molecule has 1 aliphatic rings. The Labute approximate surface area is 177 Å². The molecular weight excluding hydrogens is 368 g/mol. The Morgan fingerprint density at radius 1 is 0.933 bits per heavy atom. The van der Waals surface area contributed by atoms with Crippen LogP contribution in [-0.4, -0.2) is 14.6 Å². The largest absolute Gasteiger partial charge is 0.321 e. The second kappa shape index (κ2) is 7.37. The first-order chi connectivity index (χ1) is 14.6. The molecule has 0 amide bonds. The van der Waals surface area contributed by atoms with Crippen molar-refractivity contribution in [1.29, 1.82) is 0 Å². The standard InChI is InChI=1S/C26H28N4/c1-3-18-17-22(4-2)29-30-24(20-9-6-5-7-10-20)23(28-25(18)30)19-11-13-21(14-12-19)26(27)15-8-16-26/h5-7,9-14,17H,3-4,8,15-16,27H2,1-2H3. The second-order valence-electron chi connectivity index (χ2n) is 8.37. The van der Waals surface area contributed by atoms with Crippen molar-refractivity contribution in [3.63, 3.8) is 0 Å². The van der Waals surface area contributed by atoms with Gasteiger partial charge in [0.2, 0.25) is 0 Å². The lowest BCUT2D eigenvalue weighted by atomic mass is 9.72. The molecule has 0 aliphatic heterocycles. The zero-order valence-electron chi connectivity index (χ0n) is 17.7. The van der Waals surface area contributed by atoms with Crippen LogP contribution < -0.4 is 5.73 Å². The number of fused-ring (bicyclic) bond motifs is 1. The molecule has 2 N–H and O–H groups in total. The molecule has 0 spiro atoms. The van der Waals surface area contributed by atoms with Gasteiger partial charge in [0.1, 0.15) is 5.69 Å². The van der Waals surface area contributed by atoms with Gasteiger partial charge in [-0.3, -0.25) is 0 Å². The number of aromatic nitrogens is 3. The van der Waals surface area contributed by atoms with E-state index in [4.69, 9.17) is 15.8 Å². The Morgan fingerprint density at radius 2 is 1.67 bits per heavy atom. The lowest BCUT2D eigenvalue weighted by molar-refractivity contribution is 0.253. The predicted octanol–water partition coefficient (Wildman–Crippen LogP) is 5.53. The molecule has 0 bridgehead atoms. The lowest BCUT2D eigenvalue weighted by Crippen LogP contribution is -2.43. The molecule has 5 rings (SSSR count). The minimum Gasteiger partial charge on any atom is -0.321 e. The fourth-order valence-corrected chi connectivity index (χ4v) is 4.44. The van der Waals surface area contributed by atoms with Crippen LogP contribution in [0, 0.1) is 0 Å². The van der Waals surface area contributed by atoms with Crippen molar-refractivity contribution in [2.45, 2.75) is 51.5 Å². The van der Waals surface area contributed by atoms with Gasteiger partial charge >= 0.3 is 0 Å². The predicted molar refractivity (Wildman–Crippen MR) is 122 cm³/mol. The molecule has 0 atom stereocenters. The number of nitrogens with two attached hydrogens (primary N) is 1. The van der Waals surface area contributed by atoms with E-state index >= 15 is 0 Å². The summed E-state index contributed by atoms with van der Waals surface area (Å²) in [6.45, 7) is 4.33. The average molecular weight is 397 g/mol. The van der Waals surface area contributed by atoms with Crippen molar-refractivity contribution in [2.24, 2.45) is 5.73 Å². The Hall–Kier alpha value is -2.98. The molecule has 0 unspecified atom stereocenters. The minimum atomic E-state index is -0.146. The molecule has 4 nitrogen and oxygen atoms in total. The van der Waals surface area contributed by atoms with E-state index in [-0.39, 0.29) is 5.54 Å². The van der Waals surface area contributed by atoms with Gasteiger partial charge in [-0.1, -0.05) is 68.4 Å². The van der Waals surface area contributed by atoms with Crippen LogP contribution in [0.5, 0.6) is 0 Å². The topological polar surface area (TPSA) is 56.2 Å². The maximum Gasteiger partial charge on any atom is 0.158 e. The Kier molecular flexibility index (Phi) is 4.67. The third kappa shape index (κ3) is 3.03. The number of imidazole rings is 1. The van der Waals surface area contributed by atoms with E-state index < -0.39 is 0 Å². The highest BCUT2D eigenvalue weighted by Gasteiger charge is 2.34. The van der Waals surface area contributed by atoms with Crippen molar-refractivity contribution in [2.75, 3.05) is 0 Å². The van der Waals surface area contributed by atoms with E-state index in [1.165, 1.54) is 17.5 Å². The third-order valence-corrected chi connectivity index (χ3v) is 6.48. The quantitative estimate of drug-likeness (QED) is 0.483. The third-order valence-electron chi connectivity index (χ3n) is 6.48. The van der Waals surface area contributed by atoms with Crippen LogP contribution >= 0.6 is 0 Å². The molecule has 0 saturated heterocycles. The summed E-state index contributed by atoms with van der Waals surface area (Å²) in [5.74, 6) is 0. The number of rotatable bonds is 5. The van der Waals surface area contributed by atoms with Gasteiger partial charge in [-0.2, -0.15) is 5.10 Å². The molecule has 2 heterocycles. The maximum atomic E-state index is 6.54. The molecular formula is C26H28N4. The Balaban J connectivity index is 1.73. The SMILES string of the molecule is CCc1cc(CC)c2nc(-c3ccc(C4(N)CCC4)cc3)c(-c3ccccc3)n2n1.